The summed E-state index contributed by atoms with van der Waals surface area (Å²) in [5, 5.41) is 13.6. The van der Waals surface area contributed by atoms with Crippen molar-refractivity contribution < 1.29 is 18.1 Å². The van der Waals surface area contributed by atoms with Gasteiger partial charge >= 0.3 is 0 Å². The largest absolute Gasteiger partial charge is 0.322 e. The molecule has 0 heterocycles. The Morgan fingerprint density at radius 1 is 1.07 bits per heavy atom. The summed E-state index contributed by atoms with van der Waals surface area (Å²) < 4.78 is 26.5. The van der Waals surface area contributed by atoms with Crippen molar-refractivity contribution in [2.45, 2.75) is 4.90 Å². The predicted octanol–water partition coefficient (Wildman–Crippen LogP) is 3.21. The van der Waals surface area contributed by atoms with E-state index in [9.17, 15) is 23.3 Å². The monoisotopic (exact) mass is 401 g/mol. The van der Waals surface area contributed by atoms with Gasteiger partial charge in [-0.05, 0) is 30.3 Å². The minimum atomic E-state index is -3.75. The summed E-state index contributed by atoms with van der Waals surface area (Å²) in [5.41, 5.74) is -0.0999. The van der Waals surface area contributed by atoms with Gasteiger partial charge in [-0.1, -0.05) is 24.3 Å². The van der Waals surface area contributed by atoms with Crippen LogP contribution in [-0.2, 0) is 10.0 Å². The molecular weight excluding hydrogens is 382 g/mol. The summed E-state index contributed by atoms with van der Waals surface area (Å²) in [4.78, 5) is 22.8. The quantitative estimate of drug-likeness (QED) is 0.394. The molecule has 0 saturated heterocycles. The van der Waals surface area contributed by atoms with Crippen LogP contribution < -0.4 is 5.32 Å². The summed E-state index contributed by atoms with van der Waals surface area (Å²) in [5.74, 6) is -0.664. The van der Waals surface area contributed by atoms with E-state index in [1.807, 2.05) is 0 Å². The van der Waals surface area contributed by atoms with E-state index in [2.05, 4.69) is 18.5 Å². The second-order valence-corrected chi connectivity index (χ2v) is 7.59. The van der Waals surface area contributed by atoms with Crippen LogP contribution in [0.4, 0.5) is 11.4 Å². The van der Waals surface area contributed by atoms with Gasteiger partial charge in [0.05, 0.1) is 9.82 Å². The zero-order valence-electron chi connectivity index (χ0n) is 14.9. The number of carbonyl (C=O) groups is 1. The number of carbonyl (C=O) groups excluding carboxylic acids is 1. The number of anilines is 1. The first-order valence-electron chi connectivity index (χ1n) is 8.18. The third-order valence-corrected chi connectivity index (χ3v) is 5.61. The van der Waals surface area contributed by atoms with Crippen LogP contribution in [0, 0.1) is 10.1 Å². The van der Waals surface area contributed by atoms with Gasteiger partial charge in [0.15, 0.2) is 0 Å². The highest BCUT2D eigenvalue weighted by atomic mass is 32.2. The Labute approximate surface area is 163 Å². The van der Waals surface area contributed by atoms with E-state index in [-0.39, 0.29) is 29.2 Å². The highest BCUT2D eigenvalue weighted by molar-refractivity contribution is 7.89. The number of rotatable bonds is 9. The molecule has 2 aromatic carbocycles. The SMILES string of the molecule is C=CCN(CC=C)S(=O)(=O)c1ccc(NC(=O)c2ccccc2[N+](=O)[O-])cc1. The average Bonchev–Trinajstić information content (AvgIpc) is 2.68. The molecule has 0 aliphatic carbocycles. The molecule has 0 aliphatic heterocycles. The normalized spacial score (nSPS) is 11.0. The van der Waals surface area contributed by atoms with Crippen LogP contribution >= 0.6 is 0 Å². The van der Waals surface area contributed by atoms with Gasteiger partial charge in [-0.3, -0.25) is 14.9 Å². The summed E-state index contributed by atoms with van der Waals surface area (Å²) in [6, 6.07) is 11.1. The number of hydrogen-bond donors (Lipinski definition) is 1. The number of nitro groups is 1. The van der Waals surface area contributed by atoms with E-state index >= 15 is 0 Å². The first kappa shape index (κ1) is 21.0. The van der Waals surface area contributed by atoms with E-state index in [0.717, 1.165) is 0 Å². The fourth-order valence-electron chi connectivity index (χ4n) is 2.44. The minimum absolute atomic E-state index is 0.0416. The number of nitro benzene ring substituents is 1. The molecule has 0 spiro atoms. The Balaban J connectivity index is 2.23. The van der Waals surface area contributed by atoms with E-state index in [4.69, 9.17) is 0 Å². The lowest BCUT2D eigenvalue weighted by Gasteiger charge is -2.19. The highest BCUT2D eigenvalue weighted by Gasteiger charge is 2.23. The Morgan fingerprint density at radius 2 is 1.64 bits per heavy atom. The molecule has 2 aromatic rings. The Bertz CT molecular complexity index is 990. The van der Waals surface area contributed by atoms with Gasteiger partial charge in [0.2, 0.25) is 10.0 Å². The lowest BCUT2D eigenvalue weighted by molar-refractivity contribution is -0.385. The van der Waals surface area contributed by atoms with Crippen molar-refractivity contribution in [3.05, 3.63) is 89.5 Å². The molecule has 0 bridgehead atoms. The molecule has 0 aromatic heterocycles. The number of sulfonamides is 1. The van der Waals surface area contributed by atoms with Gasteiger partial charge in [-0.2, -0.15) is 4.31 Å². The van der Waals surface area contributed by atoms with Crippen molar-refractivity contribution in [3.8, 4) is 0 Å². The zero-order valence-corrected chi connectivity index (χ0v) is 15.8. The molecule has 1 amide bonds. The van der Waals surface area contributed by atoms with Crippen LogP contribution in [-0.4, -0.2) is 36.6 Å². The Hall–Kier alpha value is -3.30. The first-order valence-corrected chi connectivity index (χ1v) is 9.62. The van der Waals surface area contributed by atoms with Crippen LogP contribution in [0.2, 0.25) is 0 Å². The molecule has 0 atom stereocenters. The molecule has 9 heteroatoms. The van der Waals surface area contributed by atoms with E-state index < -0.39 is 20.9 Å². The highest BCUT2D eigenvalue weighted by Crippen LogP contribution is 2.21. The van der Waals surface area contributed by atoms with Gasteiger partial charge in [0.1, 0.15) is 5.56 Å². The number of benzene rings is 2. The fourth-order valence-corrected chi connectivity index (χ4v) is 3.82. The number of nitrogens with one attached hydrogen (secondary N) is 1. The summed E-state index contributed by atoms with van der Waals surface area (Å²) in [6.45, 7) is 7.36. The van der Waals surface area contributed by atoms with Crippen molar-refractivity contribution in [2.24, 2.45) is 0 Å². The van der Waals surface area contributed by atoms with Crippen LogP contribution in [0.15, 0.2) is 78.7 Å². The minimum Gasteiger partial charge on any atom is -0.322 e. The van der Waals surface area contributed by atoms with Gasteiger partial charge in [-0.25, -0.2) is 8.42 Å². The summed E-state index contributed by atoms with van der Waals surface area (Å²) >= 11 is 0. The van der Waals surface area contributed by atoms with Gasteiger partial charge in [-0.15, -0.1) is 13.2 Å². The van der Waals surface area contributed by atoms with Crippen molar-refractivity contribution >= 4 is 27.3 Å². The molecule has 2 rings (SSSR count). The van der Waals surface area contributed by atoms with Crippen LogP contribution in [0.25, 0.3) is 0 Å². The average molecular weight is 401 g/mol. The molecule has 1 N–H and O–H groups in total. The maximum atomic E-state index is 12.7. The molecular formula is C19H19N3O5S. The summed E-state index contributed by atoms with van der Waals surface area (Å²) in [6.07, 6.45) is 2.95. The lowest BCUT2D eigenvalue weighted by atomic mass is 10.1. The zero-order chi connectivity index (χ0) is 20.7. The van der Waals surface area contributed by atoms with E-state index in [0.29, 0.717) is 5.69 Å². The molecule has 0 saturated carbocycles. The maximum Gasteiger partial charge on any atom is 0.282 e. The molecule has 146 valence electrons. The molecule has 0 unspecified atom stereocenters. The number of hydrogen-bond acceptors (Lipinski definition) is 5. The third kappa shape index (κ3) is 4.70. The van der Waals surface area contributed by atoms with Gasteiger partial charge in [0.25, 0.3) is 11.6 Å². The number of para-hydroxylation sites is 1. The molecule has 0 fully saturated rings. The summed E-state index contributed by atoms with van der Waals surface area (Å²) in [7, 11) is -3.75. The molecule has 28 heavy (non-hydrogen) atoms. The van der Waals surface area contributed by atoms with Crippen molar-refractivity contribution in [3.63, 3.8) is 0 Å². The maximum absolute atomic E-state index is 12.7. The van der Waals surface area contributed by atoms with E-state index in [1.165, 1.54) is 65.0 Å². The number of nitrogens with zero attached hydrogens (tertiary/aromatic N) is 2. The van der Waals surface area contributed by atoms with Gasteiger partial charge in [0, 0.05) is 24.8 Å². The predicted molar refractivity (Wildman–Crippen MR) is 107 cm³/mol. The number of amides is 1. The van der Waals surface area contributed by atoms with Crippen molar-refractivity contribution in [1.29, 1.82) is 0 Å². The van der Waals surface area contributed by atoms with Crippen molar-refractivity contribution in [1.82, 2.24) is 4.31 Å². The van der Waals surface area contributed by atoms with Crippen LogP contribution in [0.3, 0.4) is 0 Å². The first-order chi connectivity index (χ1) is 13.3. The third-order valence-electron chi connectivity index (χ3n) is 3.76. The topological polar surface area (TPSA) is 110 Å². The molecule has 8 nitrogen and oxygen atoms in total. The fraction of sp³-hybridized carbons (Fsp3) is 0.105. The lowest BCUT2D eigenvalue weighted by Crippen LogP contribution is -2.31. The van der Waals surface area contributed by atoms with Crippen LogP contribution in [0.1, 0.15) is 10.4 Å². The Morgan fingerprint density at radius 3 is 2.18 bits per heavy atom. The Kier molecular flexibility index (Phi) is 6.80. The smallest absolute Gasteiger partial charge is 0.282 e. The van der Waals surface area contributed by atoms with Gasteiger partial charge < -0.3 is 5.32 Å². The molecule has 0 aliphatic rings. The van der Waals surface area contributed by atoms with Crippen LogP contribution in [0.5, 0.6) is 0 Å². The van der Waals surface area contributed by atoms with E-state index in [1.54, 1.807) is 0 Å². The van der Waals surface area contributed by atoms with Crippen molar-refractivity contribution in [2.75, 3.05) is 18.4 Å². The second-order valence-electron chi connectivity index (χ2n) is 5.65. The molecule has 0 radical (unpaired) electrons. The standard InChI is InChI=1S/C19H19N3O5S/c1-3-13-21(14-4-2)28(26,27)16-11-9-15(10-12-16)20-19(23)17-7-5-6-8-18(17)22(24)25/h3-12H,1-2,13-14H2,(H,20,23). The second kappa shape index (κ2) is 9.07.